The highest BCUT2D eigenvalue weighted by molar-refractivity contribution is 9.10. The number of methoxy groups -OCH3 is 2. The Morgan fingerprint density at radius 1 is 1.05 bits per heavy atom. The Labute approximate surface area is 134 Å². The third-order valence-corrected chi connectivity index (χ3v) is 4.40. The smallest absolute Gasteiger partial charge is 0.188 e. The summed E-state index contributed by atoms with van der Waals surface area (Å²) in [5.74, 6) is 1.47. The van der Waals surface area contributed by atoms with Crippen LogP contribution in [0.4, 0.5) is 10.8 Å². The molecule has 0 aliphatic rings. The van der Waals surface area contributed by atoms with Crippen LogP contribution in [-0.2, 0) is 0 Å². The Hall–Kier alpha value is -1.79. The minimum atomic E-state index is 0.737. The average Bonchev–Trinajstić information content (AvgIpc) is 2.87. The van der Waals surface area contributed by atoms with Gasteiger partial charge in [0.1, 0.15) is 11.5 Å². The highest BCUT2D eigenvalue weighted by atomic mass is 79.9. The summed E-state index contributed by atoms with van der Waals surface area (Å²) in [5.41, 5.74) is 1.84. The molecule has 0 saturated heterocycles. The number of fused-ring (bicyclic) bond motifs is 1. The predicted molar refractivity (Wildman–Crippen MR) is 90.1 cm³/mol. The first-order chi connectivity index (χ1) is 10.2. The minimum absolute atomic E-state index is 0.737. The molecule has 2 aromatic carbocycles. The van der Waals surface area contributed by atoms with Crippen molar-refractivity contribution in [3.05, 3.63) is 40.9 Å². The van der Waals surface area contributed by atoms with E-state index in [4.69, 9.17) is 9.47 Å². The lowest BCUT2D eigenvalue weighted by atomic mass is 10.3. The van der Waals surface area contributed by atoms with Crippen LogP contribution < -0.4 is 14.8 Å². The summed E-state index contributed by atoms with van der Waals surface area (Å²) in [6, 6.07) is 11.7. The van der Waals surface area contributed by atoms with Gasteiger partial charge in [0.05, 0.1) is 24.4 Å². The molecule has 0 radical (unpaired) electrons. The summed E-state index contributed by atoms with van der Waals surface area (Å²) in [6.45, 7) is 0. The second-order valence-corrected chi connectivity index (χ2v) is 6.30. The van der Waals surface area contributed by atoms with Crippen molar-refractivity contribution in [2.24, 2.45) is 0 Å². The lowest BCUT2D eigenvalue weighted by molar-refractivity contribution is 0.395. The topological polar surface area (TPSA) is 43.4 Å². The summed E-state index contributed by atoms with van der Waals surface area (Å²) >= 11 is 5.06. The van der Waals surface area contributed by atoms with Crippen LogP contribution in [0.25, 0.3) is 10.2 Å². The minimum Gasteiger partial charge on any atom is -0.497 e. The van der Waals surface area contributed by atoms with E-state index >= 15 is 0 Å². The van der Waals surface area contributed by atoms with Crippen molar-refractivity contribution in [3.8, 4) is 11.5 Å². The summed E-state index contributed by atoms with van der Waals surface area (Å²) in [4.78, 5) is 4.58. The number of rotatable bonds is 4. The van der Waals surface area contributed by atoms with Crippen LogP contribution >= 0.6 is 27.3 Å². The van der Waals surface area contributed by atoms with Crippen molar-refractivity contribution in [2.75, 3.05) is 19.5 Å². The largest absolute Gasteiger partial charge is 0.497 e. The Bertz CT molecular complexity index is 766. The standard InChI is InChI=1S/C15H13BrN2O2S/c1-19-11-6-10(7-12(8-11)20-2)17-15-18-13-5-9(16)3-4-14(13)21-15/h3-8H,1-2H3,(H,17,18). The number of hydrogen-bond donors (Lipinski definition) is 1. The van der Waals surface area contributed by atoms with Crippen LogP contribution in [-0.4, -0.2) is 19.2 Å². The van der Waals surface area contributed by atoms with Crippen LogP contribution in [0.2, 0.25) is 0 Å². The van der Waals surface area contributed by atoms with Crippen LogP contribution in [0.3, 0.4) is 0 Å². The summed E-state index contributed by atoms with van der Waals surface area (Å²) in [6.07, 6.45) is 0. The molecule has 1 aromatic heterocycles. The maximum absolute atomic E-state index is 5.27. The molecule has 3 rings (SSSR count). The Morgan fingerprint density at radius 2 is 1.76 bits per heavy atom. The molecular formula is C15H13BrN2O2S. The van der Waals surface area contributed by atoms with E-state index < -0.39 is 0 Å². The molecule has 0 aliphatic heterocycles. The number of halogens is 1. The van der Waals surface area contributed by atoms with E-state index in [-0.39, 0.29) is 0 Å². The third-order valence-electron chi connectivity index (χ3n) is 2.95. The van der Waals surface area contributed by atoms with Gasteiger partial charge in [-0.05, 0) is 18.2 Å². The zero-order valence-corrected chi connectivity index (χ0v) is 13.9. The number of anilines is 2. The van der Waals surface area contributed by atoms with Crippen LogP contribution in [0, 0.1) is 0 Å². The fourth-order valence-electron chi connectivity index (χ4n) is 1.96. The van der Waals surface area contributed by atoms with Gasteiger partial charge in [0.25, 0.3) is 0 Å². The van der Waals surface area contributed by atoms with E-state index in [0.29, 0.717) is 0 Å². The van der Waals surface area contributed by atoms with E-state index in [1.807, 2.05) is 30.3 Å². The molecule has 6 heteroatoms. The van der Waals surface area contributed by atoms with E-state index in [9.17, 15) is 0 Å². The second-order valence-electron chi connectivity index (χ2n) is 4.36. The summed E-state index contributed by atoms with van der Waals surface area (Å²) in [7, 11) is 3.27. The molecule has 0 unspecified atom stereocenters. The number of nitrogens with zero attached hydrogens (tertiary/aromatic N) is 1. The Balaban J connectivity index is 1.94. The van der Waals surface area contributed by atoms with Gasteiger partial charge in [-0.25, -0.2) is 4.98 Å². The molecule has 4 nitrogen and oxygen atoms in total. The van der Waals surface area contributed by atoms with Gasteiger partial charge in [0, 0.05) is 28.4 Å². The normalized spacial score (nSPS) is 10.6. The monoisotopic (exact) mass is 364 g/mol. The number of nitrogens with one attached hydrogen (secondary N) is 1. The summed E-state index contributed by atoms with van der Waals surface area (Å²) in [5, 5.41) is 4.13. The lowest BCUT2D eigenvalue weighted by Crippen LogP contribution is -1.93. The molecule has 1 heterocycles. The summed E-state index contributed by atoms with van der Waals surface area (Å²) < 4.78 is 12.7. The van der Waals surface area contributed by atoms with Crippen LogP contribution in [0.1, 0.15) is 0 Å². The fraction of sp³-hybridized carbons (Fsp3) is 0.133. The van der Waals surface area contributed by atoms with Gasteiger partial charge >= 0.3 is 0 Å². The van der Waals surface area contributed by atoms with E-state index in [2.05, 4.69) is 32.3 Å². The zero-order chi connectivity index (χ0) is 14.8. The van der Waals surface area contributed by atoms with E-state index in [0.717, 1.165) is 37.0 Å². The first kappa shape index (κ1) is 14.2. The van der Waals surface area contributed by atoms with Crippen molar-refractivity contribution in [3.63, 3.8) is 0 Å². The van der Waals surface area contributed by atoms with Gasteiger partial charge in [-0.15, -0.1) is 0 Å². The van der Waals surface area contributed by atoms with Gasteiger partial charge in [-0.1, -0.05) is 27.3 Å². The van der Waals surface area contributed by atoms with Gasteiger partial charge in [0.15, 0.2) is 5.13 Å². The number of hydrogen-bond acceptors (Lipinski definition) is 5. The van der Waals surface area contributed by atoms with Crippen LogP contribution in [0.5, 0.6) is 11.5 Å². The maximum atomic E-state index is 5.27. The molecule has 21 heavy (non-hydrogen) atoms. The van der Waals surface area contributed by atoms with Gasteiger partial charge in [0.2, 0.25) is 0 Å². The second kappa shape index (κ2) is 5.91. The third kappa shape index (κ3) is 3.11. The van der Waals surface area contributed by atoms with Gasteiger partial charge in [-0.3, -0.25) is 0 Å². The first-order valence-electron chi connectivity index (χ1n) is 6.24. The lowest BCUT2D eigenvalue weighted by Gasteiger charge is -2.08. The van der Waals surface area contributed by atoms with Crippen molar-refractivity contribution in [1.82, 2.24) is 4.98 Å². The average molecular weight is 365 g/mol. The number of thiazole rings is 1. The molecule has 0 spiro atoms. The molecule has 0 bridgehead atoms. The number of aromatic nitrogens is 1. The maximum Gasteiger partial charge on any atom is 0.188 e. The molecular weight excluding hydrogens is 352 g/mol. The van der Waals surface area contributed by atoms with Crippen LogP contribution in [0.15, 0.2) is 40.9 Å². The van der Waals surface area contributed by atoms with Crippen molar-refractivity contribution < 1.29 is 9.47 Å². The first-order valence-corrected chi connectivity index (χ1v) is 7.85. The van der Waals surface area contributed by atoms with Crippen molar-refractivity contribution in [2.45, 2.75) is 0 Å². The van der Waals surface area contributed by atoms with Gasteiger partial charge < -0.3 is 14.8 Å². The van der Waals surface area contributed by atoms with Crippen molar-refractivity contribution >= 4 is 48.3 Å². The van der Waals surface area contributed by atoms with Crippen molar-refractivity contribution in [1.29, 1.82) is 0 Å². The fourth-order valence-corrected chi connectivity index (χ4v) is 3.17. The van der Waals surface area contributed by atoms with E-state index in [1.165, 1.54) is 0 Å². The Kier molecular flexibility index (Phi) is 3.98. The number of benzene rings is 2. The number of ether oxygens (including phenoxy) is 2. The molecule has 0 atom stereocenters. The SMILES string of the molecule is COc1cc(Nc2nc3cc(Br)ccc3s2)cc(OC)c1. The molecule has 108 valence electrons. The zero-order valence-electron chi connectivity index (χ0n) is 11.5. The molecule has 0 saturated carbocycles. The predicted octanol–water partition coefficient (Wildman–Crippen LogP) is 4.82. The Morgan fingerprint density at radius 3 is 2.43 bits per heavy atom. The molecule has 0 amide bonds. The highest BCUT2D eigenvalue weighted by Crippen LogP contribution is 2.32. The highest BCUT2D eigenvalue weighted by Gasteiger charge is 2.07. The molecule has 1 N–H and O–H groups in total. The molecule has 0 fully saturated rings. The quantitative estimate of drug-likeness (QED) is 0.720. The van der Waals surface area contributed by atoms with E-state index in [1.54, 1.807) is 25.6 Å². The molecule has 0 aliphatic carbocycles. The molecule has 3 aromatic rings. The van der Waals surface area contributed by atoms with Gasteiger partial charge in [-0.2, -0.15) is 0 Å².